The van der Waals surface area contributed by atoms with E-state index in [4.69, 9.17) is 21.1 Å². The summed E-state index contributed by atoms with van der Waals surface area (Å²) in [6, 6.07) is 2.19. The fraction of sp³-hybridized carbons (Fsp3) is 0.481. The lowest BCUT2D eigenvalue weighted by Crippen LogP contribution is -2.55. The number of halogens is 6. The van der Waals surface area contributed by atoms with Crippen molar-refractivity contribution in [2.45, 2.75) is 49.7 Å². The highest BCUT2D eigenvalue weighted by Gasteiger charge is 2.39. The van der Waals surface area contributed by atoms with Crippen molar-refractivity contribution < 1.29 is 31.4 Å². The number of rotatable bonds is 6. The average Bonchev–Trinajstić information content (AvgIpc) is 3.08. The Hall–Kier alpha value is -2.45. The number of benzene rings is 2. The summed E-state index contributed by atoms with van der Waals surface area (Å²) in [5.41, 5.74) is -2.66. The summed E-state index contributed by atoms with van der Waals surface area (Å²) >= 11 is 6.94. The van der Waals surface area contributed by atoms with Gasteiger partial charge in [-0.1, -0.05) is 11.6 Å². The van der Waals surface area contributed by atoms with Crippen molar-refractivity contribution in [3.05, 3.63) is 50.9 Å². The first-order valence-corrected chi connectivity index (χ1v) is 14.3. The number of anilines is 1. The first kappa shape index (κ1) is 30.0. The maximum Gasteiger partial charge on any atom is 0.417 e. The average molecular weight is 619 g/mol. The first-order chi connectivity index (χ1) is 19.4. The lowest BCUT2D eigenvalue weighted by Gasteiger charge is -2.37. The van der Waals surface area contributed by atoms with Crippen LogP contribution in [0.15, 0.2) is 27.9 Å². The SMILES string of the molecule is COCCO[C@H]1CSc2c(-c3cc(Cl)c(F)cc3F)c(C(F)(F)F)cc3c(N4C[C@@H](C)N[C@@H](C)C4)nc(=O)n(c23)C1. The van der Waals surface area contributed by atoms with E-state index in [0.717, 1.165) is 23.9 Å². The molecule has 0 radical (unpaired) electrons. The van der Waals surface area contributed by atoms with Gasteiger partial charge in [0.1, 0.15) is 17.5 Å². The van der Waals surface area contributed by atoms with Gasteiger partial charge in [0.2, 0.25) is 0 Å². The minimum Gasteiger partial charge on any atom is -0.382 e. The number of thioether (sulfide) groups is 1. The second kappa shape index (κ2) is 11.7. The van der Waals surface area contributed by atoms with Gasteiger partial charge in [0, 0.05) is 65.5 Å². The van der Waals surface area contributed by atoms with Crippen LogP contribution in [0.4, 0.5) is 27.8 Å². The predicted molar refractivity (Wildman–Crippen MR) is 148 cm³/mol. The van der Waals surface area contributed by atoms with Crippen LogP contribution < -0.4 is 15.9 Å². The first-order valence-electron chi connectivity index (χ1n) is 13.0. The Morgan fingerprint density at radius 1 is 1.10 bits per heavy atom. The maximum atomic E-state index is 15.2. The van der Waals surface area contributed by atoms with Crippen LogP contribution in [0.2, 0.25) is 5.02 Å². The molecule has 0 aliphatic carbocycles. The predicted octanol–water partition coefficient (Wildman–Crippen LogP) is 5.34. The van der Waals surface area contributed by atoms with Gasteiger partial charge in [-0.2, -0.15) is 18.2 Å². The molecule has 2 aromatic carbocycles. The van der Waals surface area contributed by atoms with E-state index in [-0.39, 0.29) is 59.2 Å². The van der Waals surface area contributed by atoms with E-state index in [1.807, 2.05) is 13.8 Å². The quantitative estimate of drug-likeness (QED) is 0.227. The summed E-state index contributed by atoms with van der Waals surface area (Å²) in [5, 5.41) is 2.94. The molecular formula is C27H28ClF5N4O3S. The van der Waals surface area contributed by atoms with Gasteiger partial charge < -0.3 is 19.7 Å². The Balaban J connectivity index is 1.85. The van der Waals surface area contributed by atoms with Crippen molar-refractivity contribution in [2.24, 2.45) is 0 Å². The zero-order valence-corrected chi connectivity index (χ0v) is 24.0. The van der Waals surface area contributed by atoms with E-state index in [2.05, 4.69) is 10.3 Å². The van der Waals surface area contributed by atoms with Crippen molar-refractivity contribution in [3.63, 3.8) is 0 Å². The highest BCUT2D eigenvalue weighted by Crippen LogP contribution is 2.49. The molecule has 2 aliphatic heterocycles. The van der Waals surface area contributed by atoms with Gasteiger partial charge in [0.15, 0.2) is 0 Å². The fourth-order valence-corrected chi connectivity index (χ4v) is 6.92. The molecule has 3 heterocycles. The van der Waals surface area contributed by atoms with Crippen LogP contribution in [0.5, 0.6) is 0 Å². The molecule has 0 bridgehead atoms. The number of hydrogen-bond donors (Lipinski definition) is 1. The Morgan fingerprint density at radius 3 is 2.46 bits per heavy atom. The third kappa shape index (κ3) is 5.92. The van der Waals surface area contributed by atoms with E-state index in [1.165, 1.54) is 11.7 Å². The minimum atomic E-state index is -4.93. The van der Waals surface area contributed by atoms with Gasteiger partial charge in [0.05, 0.1) is 42.0 Å². The highest BCUT2D eigenvalue weighted by molar-refractivity contribution is 7.99. The number of methoxy groups -OCH3 is 1. The van der Waals surface area contributed by atoms with Gasteiger partial charge in [0.25, 0.3) is 0 Å². The van der Waals surface area contributed by atoms with Crippen LogP contribution in [0.1, 0.15) is 19.4 Å². The van der Waals surface area contributed by atoms with Crippen LogP contribution in [-0.2, 0) is 22.2 Å². The van der Waals surface area contributed by atoms with Gasteiger partial charge in [-0.3, -0.25) is 4.57 Å². The van der Waals surface area contributed by atoms with Crippen molar-refractivity contribution in [1.29, 1.82) is 0 Å². The molecule has 0 spiro atoms. The van der Waals surface area contributed by atoms with E-state index in [0.29, 0.717) is 19.2 Å². The zero-order valence-electron chi connectivity index (χ0n) is 22.4. The molecule has 0 saturated carbocycles. The lowest BCUT2D eigenvalue weighted by atomic mass is 9.95. The summed E-state index contributed by atoms with van der Waals surface area (Å²) in [7, 11) is 1.50. The van der Waals surface area contributed by atoms with E-state index < -0.39 is 51.3 Å². The number of piperazine rings is 1. The molecule has 41 heavy (non-hydrogen) atoms. The monoisotopic (exact) mass is 618 g/mol. The number of ether oxygens (including phenoxy) is 2. The number of nitrogens with one attached hydrogen (secondary N) is 1. The third-order valence-electron chi connectivity index (χ3n) is 7.08. The maximum absolute atomic E-state index is 15.2. The number of alkyl halides is 3. The Kier molecular flexibility index (Phi) is 8.55. The minimum absolute atomic E-state index is 0.0121. The third-order valence-corrected chi connectivity index (χ3v) is 8.60. The summed E-state index contributed by atoms with van der Waals surface area (Å²) < 4.78 is 85.8. The van der Waals surface area contributed by atoms with Crippen molar-refractivity contribution in [2.75, 3.05) is 44.1 Å². The normalized spacial score (nSPS) is 21.4. The molecule has 1 fully saturated rings. The molecule has 5 rings (SSSR count). The highest BCUT2D eigenvalue weighted by atomic mass is 35.5. The smallest absolute Gasteiger partial charge is 0.382 e. The van der Waals surface area contributed by atoms with Crippen LogP contribution in [-0.4, -0.2) is 66.9 Å². The van der Waals surface area contributed by atoms with E-state index in [9.17, 15) is 22.4 Å². The van der Waals surface area contributed by atoms with Crippen LogP contribution >= 0.6 is 23.4 Å². The lowest BCUT2D eigenvalue weighted by molar-refractivity contribution is -0.137. The molecule has 3 atom stereocenters. The molecule has 222 valence electrons. The molecular weight excluding hydrogens is 591 g/mol. The second-order valence-electron chi connectivity index (χ2n) is 10.3. The van der Waals surface area contributed by atoms with Crippen molar-refractivity contribution >= 4 is 40.1 Å². The summed E-state index contributed by atoms with van der Waals surface area (Å²) in [6.07, 6.45) is -5.52. The van der Waals surface area contributed by atoms with E-state index in [1.54, 1.807) is 4.90 Å². The van der Waals surface area contributed by atoms with Crippen LogP contribution in [0.3, 0.4) is 0 Å². The Labute approximate surface area is 242 Å². The van der Waals surface area contributed by atoms with Gasteiger partial charge in [-0.05, 0) is 26.0 Å². The summed E-state index contributed by atoms with van der Waals surface area (Å²) in [4.78, 5) is 19.7. The Bertz CT molecular complexity index is 1530. The standard InChI is InChI=1S/C27H28ClF5N4O3S/c1-13-9-36(10-14(2)34-13)25-17-6-18(27(31,32)33)22(16-7-19(28)21(30)8-20(16)29)24-23(17)37(26(38)35-25)11-15(12-41-24)40-5-4-39-3/h6-8,13-15,34H,4-5,9-12H2,1-3H3/t13-,14+,15-/m1/s1. The summed E-state index contributed by atoms with van der Waals surface area (Å²) in [6.45, 7) is 5.17. The molecule has 0 amide bonds. The van der Waals surface area contributed by atoms with Crippen LogP contribution in [0.25, 0.3) is 22.0 Å². The summed E-state index contributed by atoms with van der Waals surface area (Å²) in [5.74, 6) is -2.03. The van der Waals surface area contributed by atoms with E-state index >= 15 is 4.39 Å². The molecule has 7 nitrogen and oxygen atoms in total. The molecule has 0 unspecified atom stereocenters. The van der Waals surface area contributed by atoms with Gasteiger partial charge >= 0.3 is 11.9 Å². The number of hydrogen-bond acceptors (Lipinski definition) is 7. The fourth-order valence-electron chi connectivity index (χ4n) is 5.48. The largest absolute Gasteiger partial charge is 0.417 e. The molecule has 2 aliphatic rings. The van der Waals surface area contributed by atoms with Crippen LogP contribution in [0, 0.1) is 11.6 Å². The molecule has 1 saturated heterocycles. The molecule has 14 heteroatoms. The topological polar surface area (TPSA) is 68.6 Å². The van der Waals surface area contributed by atoms with Gasteiger partial charge in [-0.25, -0.2) is 13.6 Å². The number of nitrogens with zero attached hydrogens (tertiary/aromatic N) is 3. The molecule has 1 N–H and O–H groups in total. The second-order valence-corrected chi connectivity index (χ2v) is 11.7. The van der Waals surface area contributed by atoms with Crippen molar-refractivity contribution in [3.8, 4) is 11.1 Å². The zero-order chi connectivity index (χ0) is 29.6. The Morgan fingerprint density at radius 2 is 1.80 bits per heavy atom. The molecule has 1 aromatic heterocycles. The van der Waals surface area contributed by atoms with Crippen molar-refractivity contribution in [1.82, 2.24) is 14.9 Å². The molecule has 3 aromatic rings. The number of aromatic nitrogens is 2. The van der Waals surface area contributed by atoms with Gasteiger partial charge in [-0.15, -0.1) is 11.8 Å².